The largest absolute Gasteiger partial charge is 0.479 e. The maximum absolute atomic E-state index is 12.6. The first-order valence-corrected chi connectivity index (χ1v) is 11.4. The first kappa shape index (κ1) is 28.0. The van der Waals surface area contributed by atoms with Crippen LogP contribution in [0.3, 0.4) is 0 Å². The van der Waals surface area contributed by atoms with Crippen molar-refractivity contribution < 1.29 is 28.2 Å². The highest BCUT2D eigenvalue weighted by atomic mass is 19.4. The van der Waals surface area contributed by atoms with Crippen LogP contribution in [0.15, 0.2) is 12.2 Å². The van der Waals surface area contributed by atoms with Crippen LogP contribution >= 0.6 is 0 Å². The van der Waals surface area contributed by atoms with Crippen molar-refractivity contribution in [3.05, 3.63) is 12.2 Å². The monoisotopic (exact) mass is 422 g/mol. The Balaban J connectivity index is 3.49. The Kier molecular flexibility index (Phi) is 16.1. The number of halogens is 3. The highest BCUT2D eigenvalue weighted by molar-refractivity contribution is 5.78. The Bertz CT molecular complexity index is 436. The number of carboxylic acids is 1. The summed E-state index contributed by atoms with van der Waals surface area (Å²) in [4.78, 5) is 10.7. The topological polar surface area (TPSA) is 57.5 Å². The normalized spacial score (nSPS) is 14.4. The van der Waals surface area contributed by atoms with E-state index in [1.54, 1.807) is 0 Å². The molecule has 0 fully saturated rings. The van der Waals surface area contributed by atoms with Crippen molar-refractivity contribution in [2.45, 2.75) is 128 Å². The lowest BCUT2D eigenvalue weighted by Gasteiger charge is -2.24. The third-order valence-electron chi connectivity index (χ3n) is 5.38. The molecule has 1 unspecified atom stereocenters. The fourth-order valence-electron chi connectivity index (χ4n) is 3.33. The molecule has 0 aromatic rings. The molecule has 0 amide bonds. The Morgan fingerprint density at radius 2 is 1.10 bits per heavy atom. The molecular weight excluding hydrogens is 381 g/mol. The van der Waals surface area contributed by atoms with Gasteiger partial charge in [-0.1, -0.05) is 109 Å². The highest BCUT2D eigenvalue weighted by Gasteiger charge is 2.59. The summed E-state index contributed by atoms with van der Waals surface area (Å²) < 4.78 is 37.8. The standard InChI is InChI=1S/C23H41F3O3/c1-2-3-4-5-6-7-8-9-10-11-12-13-14-15-16-17-18-19-20-22(29,21(27)28)23(24,25)26/h18-19,29H,2-17,20H2,1H3,(H,27,28). The molecule has 0 spiro atoms. The number of aliphatic hydroxyl groups is 1. The molecule has 0 aromatic carbocycles. The number of allylic oxidation sites excluding steroid dienone is 1. The smallest absolute Gasteiger partial charge is 0.428 e. The number of rotatable bonds is 19. The molecule has 0 radical (unpaired) electrons. The number of unbranched alkanes of at least 4 members (excludes halogenated alkanes) is 15. The van der Waals surface area contributed by atoms with E-state index in [2.05, 4.69) is 6.92 Å². The van der Waals surface area contributed by atoms with Crippen molar-refractivity contribution in [3.63, 3.8) is 0 Å². The van der Waals surface area contributed by atoms with Gasteiger partial charge in [0, 0.05) is 6.42 Å². The molecule has 29 heavy (non-hydrogen) atoms. The molecule has 3 nitrogen and oxygen atoms in total. The van der Waals surface area contributed by atoms with E-state index in [1.165, 1.54) is 83.1 Å². The Morgan fingerprint density at radius 3 is 1.45 bits per heavy atom. The second kappa shape index (κ2) is 16.7. The summed E-state index contributed by atoms with van der Waals surface area (Å²) in [6, 6.07) is 0. The summed E-state index contributed by atoms with van der Waals surface area (Å²) in [6.45, 7) is 2.24. The van der Waals surface area contributed by atoms with E-state index in [1.807, 2.05) is 0 Å². The van der Waals surface area contributed by atoms with Gasteiger partial charge in [-0.15, -0.1) is 0 Å². The number of hydrogen-bond donors (Lipinski definition) is 2. The molecular formula is C23H41F3O3. The zero-order valence-electron chi connectivity index (χ0n) is 18.1. The predicted molar refractivity (Wildman–Crippen MR) is 112 cm³/mol. The summed E-state index contributed by atoms with van der Waals surface area (Å²) in [5.74, 6) is -2.26. The van der Waals surface area contributed by atoms with Crippen LogP contribution in [0.25, 0.3) is 0 Å². The van der Waals surface area contributed by atoms with Gasteiger partial charge in [0.15, 0.2) is 0 Å². The van der Waals surface area contributed by atoms with Gasteiger partial charge in [0.2, 0.25) is 0 Å². The molecule has 0 heterocycles. The zero-order valence-corrected chi connectivity index (χ0v) is 18.1. The van der Waals surface area contributed by atoms with Crippen LogP contribution in [0.2, 0.25) is 0 Å². The summed E-state index contributed by atoms with van der Waals surface area (Å²) in [5.41, 5.74) is -3.70. The number of alkyl halides is 3. The van der Waals surface area contributed by atoms with Crippen LogP contribution < -0.4 is 0 Å². The minimum Gasteiger partial charge on any atom is -0.479 e. The predicted octanol–water partition coefficient (Wildman–Crippen LogP) is 7.57. The van der Waals surface area contributed by atoms with Crippen LogP contribution in [-0.2, 0) is 4.79 Å². The van der Waals surface area contributed by atoms with Gasteiger partial charge in [0.25, 0.3) is 5.60 Å². The molecule has 0 saturated carbocycles. The van der Waals surface area contributed by atoms with Gasteiger partial charge in [-0.3, -0.25) is 0 Å². The van der Waals surface area contributed by atoms with Gasteiger partial charge in [-0.05, 0) is 12.8 Å². The maximum Gasteiger partial charge on any atom is 0.428 e. The quantitative estimate of drug-likeness (QED) is 0.167. The van der Waals surface area contributed by atoms with Crippen molar-refractivity contribution in [1.82, 2.24) is 0 Å². The van der Waals surface area contributed by atoms with E-state index in [4.69, 9.17) is 5.11 Å². The van der Waals surface area contributed by atoms with Crippen LogP contribution in [0.1, 0.15) is 116 Å². The summed E-state index contributed by atoms with van der Waals surface area (Å²) in [5, 5.41) is 17.9. The second-order valence-electron chi connectivity index (χ2n) is 8.08. The third kappa shape index (κ3) is 13.7. The lowest BCUT2D eigenvalue weighted by atomic mass is 9.98. The second-order valence-corrected chi connectivity index (χ2v) is 8.08. The zero-order chi connectivity index (χ0) is 22.0. The average molecular weight is 423 g/mol. The van der Waals surface area contributed by atoms with Crippen molar-refractivity contribution in [1.29, 1.82) is 0 Å². The van der Waals surface area contributed by atoms with Crippen LogP contribution in [-0.4, -0.2) is 28.0 Å². The molecule has 0 aliphatic carbocycles. The maximum atomic E-state index is 12.6. The molecule has 6 heteroatoms. The summed E-state index contributed by atoms with van der Waals surface area (Å²) >= 11 is 0. The fourth-order valence-corrected chi connectivity index (χ4v) is 3.33. The van der Waals surface area contributed by atoms with E-state index in [-0.39, 0.29) is 0 Å². The van der Waals surface area contributed by atoms with E-state index in [0.29, 0.717) is 6.42 Å². The van der Waals surface area contributed by atoms with Crippen molar-refractivity contribution in [3.8, 4) is 0 Å². The van der Waals surface area contributed by atoms with Gasteiger partial charge < -0.3 is 10.2 Å². The van der Waals surface area contributed by atoms with Gasteiger partial charge in [-0.2, -0.15) is 13.2 Å². The Labute approximate surface area is 174 Å². The minimum atomic E-state index is -5.18. The average Bonchev–Trinajstić information content (AvgIpc) is 2.65. The SMILES string of the molecule is CCCCCCCCCCCCCCCCCC=CCC(O)(C(=O)O)C(F)(F)F. The summed E-state index contributed by atoms with van der Waals surface area (Å²) in [6.07, 6.45) is 16.0. The molecule has 1 atom stereocenters. The van der Waals surface area contributed by atoms with Crippen LogP contribution in [0, 0.1) is 0 Å². The molecule has 0 aliphatic heterocycles. The molecule has 2 N–H and O–H groups in total. The van der Waals surface area contributed by atoms with Crippen LogP contribution in [0.5, 0.6) is 0 Å². The van der Waals surface area contributed by atoms with Crippen molar-refractivity contribution in [2.75, 3.05) is 0 Å². The number of carbonyl (C=O) groups is 1. The fraction of sp³-hybridized carbons (Fsp3) is 0.870. The van der Waals surface area contributed by atoms with Crippen LogP contribution in [0.4, 0.5) is 13.2 Å². The van der Waals surface area contributed by atoms with Gasteiger partial charge in [0.05, 0.1) is 0 Å². The molecule has 172 valence electrons. The van der Waals surface area contributed by atoms with Crippen molar-refractivity contribution >= 4 is 5.97 Å². The lowest BCUT2D eigenvalue weighted by molar-refractivity contribution is -0.258. The van der Waals surface area contributed by atoms with Gasteiger partial charge in [-0.25, -0.2) is 4.79 Å². The number of hydrogen-bond acceptors (Lipinski definition) is 2. The van der Waals surface area contributed by atoms with E-state index < -0.39 is 24.2 Å². The molecule has 0 rings (SSSR count). The highest BCUT2D eigenvalue weighted by Crippen LogP contribution is 2.33. The van der Waals surface area contributed by atoms with E-state index in [0.717, 1.165) is 25.3 Å². The minimum absolute atomic E-state index is 0.603. The Morgan fingerprint density at radius 1 is 0.724 bits per heavy atom. The van der Waals surface area contributed by atoms with E-state index >= 15 is 0 Å². The lowest BCUT2D eigenvalue weighted by Crippen LogP contribution is -2.51. The Hall–Kier alpha value is -1.04. The third-order valence-corrected chi connectivity index (χ3v) is 5.38. The molecule has 0 aromatic heterocycles. The molecule has 0 aliphatic rings. The first-order chi connectivity index (χ1) is 13.8. The van der Waals surface area contributed by atoms with Gasteiger partial charge >= 0.3 is 12.1 Å². The molecule has 0 saturated heterocycles. The number of aliphatic carboxylic acids is 1. The summed E-state index contributed by atoms with van der Waals surface area (Å²) in [7, 11) is 0. The van der Waals surface area contributed by atoms with Crippen molar-refractivity contribution in [2.24, 2.45) is 0 Å². The number of carboxylic acid groups (broad SMARTS) is 1. The first-order valence-electron chi connectivity index (χ1n) is 11.4. The van der Waals surface area contributed by atoms with Gasteiger partial charge in [0.1, 0.15) is 0 Å². The van der Waals surface area contributed by atoms with E-state index in [9.17, 15) is 23.1 Å². The molecule has 0 bridgehead atoms.